The number of carboxylic acid groups (broad SMARTS) is 1. The van der Waals surface area contributed by atoms with Gasteiger partial charge in [-0.1, -0.05) is 36.6 Å². The Balaban J connectivity index is 1.38. The third-order valence-electron chi connectivity index (χ3n) is 10.4. The van der Waals surface area contributed by atoms with Crippen LogP contribution in [0.3, 0.4) is 0 Å². The van der Waals surface area contributed by atoms with Gasteiger partial charge in [0.25, 0.3) is 0 Å². The van der Waals surface area contributed by atoms with E-state index >= 15 is 0 Å². The zero-order chi connectivity index (χ0) is 34.5. The summed E-state index contributed by atoms with van der Waals surface area (Å²) < 4.78 is 12.4. The monoisotopic (exact) mass is 660 g/mol. The average Bonchev–Trinajstić information content (AvgIpc) is 3.65. The first-order valence-electron chi connectivity index (χ1n) is 17.2. The molecule has 0 bridgehead atoms. The van der Waals surface area contributed by atoms with Crippen molar-refractivity contribution in [3.05, 3.63) is 47.2 Å². The zero-order valence-corrected chi connectivity index (χ0v) is 28.7. The number of nitrogens with zero attached hydrogens (tertiary/aromatic N) is 2. The highest BCUT2D eigenvalue weighted by atomic mass is 16.6. The quantitative estimate of drug-likeness (QED) is 0.308. The number of aromatic nitrogens is 1. The van der Waals surface area contributed by atoms with Gasteiger partial charge in [0.15, 0.2) is 0 Å². The number of fused-ring (bicyclic) bond motifs is 5. The van der Waals surface area contributed by atoms with E-state index in [9.17, 15) is 24.3 Å². The van der Waals surface area contributed by atoms with E-state index in [2.05, 4.69) is 16.7 Å². The van der Waals surface area contributed by atoms with Crippen LogP contribution in [0.15, 0.2) is 30.4 Å². The van der Waals surface area contributed by atoms with Crippen LogP contribution in [-0.2, 0) is 25.5 Å². The number of pyridine rings is 1. The number of hydrogen-bond acceptors (Lipinski definition) is 8. The van der Waals surface area contributed by atoms with Crippen LogP contribution in [0.4, 0.5) is 4.79 Å². The fourth-order valence-electron chi connectivity index (χ4n) is 7.86. The zero-order valence-electron chi connectivity index (χ0n) is 28.7. The number of rotatable bonds is 3. The second-order valence-corrected chi connectivity index (χ2v) is 15.3. The van der Waals surface area contributed by atoms with Crippen molar-refractivity contribution in [2.45, 2.75) is 121 Å². The van der Waals surface area contributed by atoms with E-state index < -0.39 is 46.3 Å². The summed E-state index contributed by atoms with van der Waals surface area (Å²) in [6, 6.07) is 5.21. The number of aryl methyl sites for hydroxylation is 3. The molecule has 1 aromatic carbocycles. The lowest BCUT2D eigenvalue weighted by Gasteiger charge is -2.37. The van der Waals surface area contributed by atoms with Crippen molar-refractivity contribution in [3.63, 3.8) is 0 Å². The summed E-state index contributed by atoms with van der Waals surface area (Å²) in [5.74, 6) is -0.936. The van der Waals surface area contributed by atoms with Crippen LogP contribution in [0.25, 0.3) is 10.9 Å². The minimum Gasteiger partial charge on any atom is -0.483 e. The molecule has 3 N–H and O–H groups in total. The predicted molar refractivity (Wildman–Crippen MR) is 180 cm³/mol. The van der Waals surface area contributed by atoms with Gasteiger partial charge in [-0.05, 0) is 85.3 Å². The highest BCUT2D eigenvalue weighted by Crippen LogP contribution is 2.49. The van der Waals surface area contributed by atoms with E-state index in [-0.39, 0.29) is 25.4 Å². The van der Waals surface area contributed by atoms with Crippen molar-refractivity contribution in [2.75, 3.05) is 13.1 Å². The summed E-state index contributed by atoms with van der Waals surface area (Å²) in [7, 11) is 0. The maximum atomic E-state index is 14.7. The van der Waals surface area contributed by atoms with Gasteiger partial charge in [0.2, 0.25) is 5.91 Å². The molecule has 6 rings (SSSR count). The highest BCUT2D eigenvalue weighted by molar-refractivity contribution is 5.90. The van der Waals surface area contributed by atoms with Crippen LogP contribution in [0.5, 0.6) is 5.75 Å². The topological polar surface area (TPSA) is 147 Å². The Bertz CT molecular complexity index is 1670. The molecule has 258 valence electrons. The van der Waals surface area contributed by atoms with Crippen molar-refractivity contribution in [1.29, 1.82) is 0 Å². The number of nitrogens with one attached hydrogen (secondary N) is 2. The number of aldehydes is 1. The molecule has 4 heterocycles. The minimum atomic E-state index is -1.42. The average molecular weight is 661 g/mol. The lowest BCUT2D eigenvalue weighted by molar-refractivity contribution is -0.143. The van der Waals surface area contributed by atoms with E-state index in [4.69, 9.17) is 14.5 Å². The molecule has 2 fully saturated rings. The molecule has 1 saturated carbocycles. The fraction of sp³-hybridized carbons (Fsp3) is 0.595. The van der Waals surface area contributed by atoms with Gasteiger partial charge in [0.1, 0.15) is 40.4 Å². The second kappa shape index (κ2) is 12.5. The number of amides is 2. The van der Waals surface area contributed by atoms with Crippen LogP contribution in [0.2, 0.25) is 0 Å². The summed E-state index contributed by atoms with van der Waals surface area (Å²) in [6.45, 7) is 9.26. The number of carbonyl (C=O) groups is 4. The van der Waals surface area contributed by atoms with Gasteiger partial charge in [0.05, 0.1) is 17.8 Å². The van der Waals surface area contributed by atoms with Crippen molar-refractivity contribution in [3.8, 4) is 5.75 Å². The van der Waals surface area contributed by atoms with Crippen LogP contribution < -0.4 is 15.4 Å². The van der Waals surface area contributed by atoms with Crippen molar-refractivity contribution < 1.29 is 33.8 Å². The Kier molecular flexibility index (Phi) is 8.81. The smallest absolute Gasteiger partial charge is 0.408 e. The predicted octanol–water partition coefficient (Wildman–Crippen LogP) is 4.93. The van der Waals surface area contributed by atoms with Crippen LogP contribution >= 0.6 is 0 Å². The summed E-state index contributed by atoms with van der Waals surface area (Å²) in [5.41, 5.74) is -0.530. The third kappa shape index (κ3) is 6.41. The molecule has 11 heteroatoms. The molecular formula is C37H48N4O7. The molecule has 11 nitrogen and oxygen atoms in total. The lowest BCUT2D eigenvalue weighted by atomic mass is 9.83. The van der Waals surface area contributed by atoms with E-state index in [0.29, 0.717) is 37.9 Å². The normalized spacial score (nSPS) is 31.4. The Morgan fingerprint density at radius 1 is 1.21 bits per heavy atom. The summed E-state index contributed by atoms with van der Waals surface area (Å²) in [6.07, 6.45) is 9.35. The Morgan fingerprint density at radius 2 is 2.00 bits per heavy atom. The number of hydrogen-bond donors (Lipinski definition) is 3. The fourth-order valence-corrected chi connectivity index (χ4v) is 7.86. The van der Waals surface area contributed by atoms with E-state index in [1.807, 2.05) is 38.1 Å². The molecule has 2 aromatic rings. The summed E-state index contributed by atoms with van der Waals surface area (Å²) >= 11 is 0. The van der Waals surface area contributed by atoms with Crippen molar-refractivity contribution >= 4 is 35.2 Å². The second-order valence-electron chi connectivity index (χ2n) is 15.3. The van der Waals surface area contributed by atoms with Crippen molar-refractivity contribution in [1.82, 2.24) is 20.5 Å². The molecule has 1 aromatic heterocycles. The number of benzene rings is 1. The van der Waals surface area contributed by atoms with Gasteiger partial charge in [-0.15, -0.1) is 0 Å². The molecule has 0 radical (unpaired) electrons. The first-order chi connectivity index (χ1) is 22.7. The van der Waals surface area contributed by atoms with E-state index in [0.717, 1.165) is 53.3 Å². The molecule has 4 aliphatic rings. The third-order valence-corrected chi connectivity index (χ3v) is 10.4. The molecular weight excluding hydrogens is 612 g/mol. The van der Waals surface area contributed by atoms with Gasteiger partial charge in [-0.2, -0.15) is 0 Å². The summed E-state index contributed by atoms with van der Waals surface area (Å²) in [4.78, 5) is 60.0. The molecule has 2 amide bonds. The number of allylic oxidation sites excluding steroid dienone is 1. The maximum Gasteiger partial charge on any atom is 0.408 e. The molecule has 5 atom stereocenters. The Labute approximate surface area is 281 Å². The van der Waals surface area contributed by atoms with Gasteiger partial charge in [-0.3, -0.25) is 14.9 Å². The van der Waals surface area contributed by atoms with Crippen LogP contribution in [0, 0.1) is 19.8 Å². The highest BCUT2D eigenvalue weighted by Gasteiger charge is 2.63. The molecule has 3 aliphatic heterocycles. The number of ether oxygens (including phenoxy) is 2. The van der Waals surface area contributed by atoms with Crippen LogP contribution in [-0.4, -0.2) is 80.7 Å². The SMILES string of the molecule is Cc1ccc2nc(C)c3c(c2c1)CC[C@@]1(CN2C(=O)[C@@H](NC(=O)OC(C)(C)C)CCCCC/C=C\[C@@H]4C[C@@]4(C(=O)O)NCC2(C=O)C1)O3. The number of alkyl carbamates (subject to hydrolysis) is 1. The molecule has 48 heavy (non-hydrogen) atoms. The maximum absolute atomic E-state index is 14.7. The molecule has 1 unspecified atom stereocenters. The Morgan fingerprint density at radius 3 is 2.73 bits per heavy atom. The van der Waals surface area contributed by atoms with Gasteiger partial charge >= 0.3 is 12.1 Å². The molecule has 1 aliphatic carbocycles. The van der Waals surface area contributed by atoms with Crippen molar-refractivity contribution in [2.24, 2.45) is 5.92 Å². The van der Waals surface area contributed by atoms with Gasteiger partial charge in [0, 0.05) is 29.8 Å². The largest absolute Gasteiger partial charge is 0.483 e. The number of carboxylic acids is 1. The van der Waals surface area contributed by atoms with Gasteiger partial charge in [-0.25, -0.2) is 9.78 Å². The van der Waals surface area contributed by atoms with Gasteiger partial charge < -0.3 is 29.6 Å². The molecule has 1 saturated heterocycles. The first-order valence-corrected chi connectivity index (χ1v) is 17.2. The first kappa shape index (κ1) is 33.9. The minimum absolute atomic E-state index is 0.0653. The number of aliphatic carboxylic acids is 1. The lowest BCUT2D eigenvalue weighted by Crippen LogP contribution is -2.61. The molecule has 1 spiro atoms. The Hall–Kier alpha value is -3.99. The van der Waals surface area contributed by atoms with Crippen LogP contribution in [0.1, 0.15) is 89.0 Å². The summed E-state index contributed by atoms with van der Waals surface area (Å²) in [5, 5.41) is 17.4. The standard InChI is InChI=1S/C37H48N4O7/c1-23-13-14-28-27(17-23)26-15-16-36(47-30(26)24(2)39-28)19-35(22-42)20-38-37(32(44)45)18-25(37)11-9-7-6-8-10-12-29(31(43)41(35)21-36)40-33(46)48-34(3,4)5/h9,11,13-14,17,22,25,29,38H,6-8,10,12,15-16,18-21H2,1-5H3,(H,40,46)(H,44,45)/b11-9-/t25-,29+,35?,36-,37-/m1/s1. The van der Waals surface area contributed by atoms with E-state index in [1.165, 1.54) is 4.90 Å². The van der Waals surface area contributed by atoms with E-state index in [1.54, 1.807) is 20.8 Å². The number of carbonyl (C=O) groups excluding carboxylic acids is 3.